The van der Waals surface area contributed by atoms with Crippen LogP contribution in [0, 0.1) is 11.7 Å². The van der Waals surface area contributed by atoms with Crippen molar-refractivity contribution in [3.05, 3.63) is 66.0 Å². The van der Waals surface area contributed by atoms with Crippen LogP contribution in [-0.2, 0) is 16.6 Å². The molecule has 2 atom stereocenters. The normalized spacial score (nSPS) is 24.5. The maximum Gasteiger partial charge on any atom is 0.243 e. The average molecular weight is 346 g/mol. The van der Waals surface area contributed by atoms with Crippen molar-refractivity contribution in [3.8, 4) is 0 Å². The minimum Gasteiger partial charge on any atom is -0.294 e. The van der Waals surface area contributed by atoms with Crippen LogP contribution in [0.2, 0.25) is 0 Å². The SMILES string of the molecule is O=S(=O)(c1ccccc1)N1C[C@H]2CN(Cc3cccc(F)c3)[C@@H]2C1. The van der Waals surface area contributed by atoms with E-state index in [-0.39, 0.29) is 11.9 Å². The average Bonchev–Trinajstić information content (AvgIpc) is 2.91. The third-order valence-electron chi connectivity index (χ3n) is 4.97. The molecule has 2 heterocycles. The van der Waals surface area contributed by atoms with Crippen LogP contribution in [0.15, 0.2) is 59.5 Å². The van der Waals surface area contributed by atoms with Gasteiger partial charge in [-0.25, -0.2) is 12.8 Å². The first kappa shape index (κ1) is 15.7. The van der Waals surface area contributed by atoms with Crippen LogP contribution in [0.1, 0.15) is 5.56 Å². The third kappa shape index (κ3) is 2.75. The Morgan fingerprint density at radius 2 is 1.79 bits per heavy atom. The summed E-state index contributed by atoms with van der Waals surface area (Å²) in [5, 5.41) is 0. The summed E-state index contributed by atoms with van der Waals surface area (Å²) >= 11 is 0. The van der Waals surface area contributed by atoms with Gasteiger partial charge in [-0.2, -0.15) is 4.31 Å². The van der Waals surface area contributed by atoms with Gasteiger partial charge in [-0.05, 0) is 29.8 Å². The van der Waals surface area contributed by atoms with E-state index in [4.69, 9.17) is 0 Å². The molecule has 2 aliphatic heterocycles. The summed E-state index contributed by atoms with van der Waals surface area (Å²) in [4.78, 5) is 2.59. The van der Waals surface area contributed by atoms with Gasteiger partial charge in [0.15, 0.2) is 0 Å². The van der Waals surface area contributed by atoms with Gasteiger partial charge in [0, 0.05) is 38.1 Å². The largest absolute Gasteiger partial charge is 0.294 e. The van der Waals surface area contributed by atoms with Gasteiger partial charge in [0.2, 0.25) is 10.0 Å². The number of halogens is 1. The zero-order valence-electron chi connectivity index (χ0n) is 13.2. The topological polar surface area (TPSA) is 40.6 Å². The van der Waals surface area contributed by atoms with E-state index in [1.54, 1.807) is 40.7 Å². The number of rotatable bonds is 4. The Morgan fingerprint density at radius 1 is 1.00 bits per heavy atom. The molecule has 126 valence electrons. The summed E-state index contributed by atoms with van der Waals surface area (Å²) in [5.41, 5.74) is 0.929. The Balaban J connectivity index is 1.46. The van der Waals surface area contributed by atoms with Crippen molar-refractivity contribution in [3.63, 3.8) is 0 Å². The van der Waals surface area contributed by atoms with Gasteiger partial charge in [0.25, 0.3) is 0 Å². The smallest absolute Gasteiger partial charge is 0.243 e. The summed E-state index contributed by atoms with van der Waals surface area (Å²) in [6, 6.07) is 15.4. The fourth-order valence-electron chi connectivity index (χ4n) is 3.70. The molecule has 0 spiro atoms. The molecule has 0 aromatic heterocycles. The van der Waals surface area contributed by atoms with Crippen molar-refractivity contribution < 1.29 is 12.8 Å². The molecule has 0 aliphatic carbocycles. The molecule has 2 aromatic rings. The Labute approximate surface area is 141 Å². The van der Waals surface area contributed by atoms with Crippen LogP contribution in [0.5, 0.6) is 0 Å². The van der Waals surface area contributed by atoms with E-state index in [0.717, 1.165) is 12.1 Å². The molecule has 4 rings (SSSR count). The van der Waals surface area contributed by atoms with E-state index in [9.17, 15) is 12.8 Å². The van der Waals surface area contributed by atoms with Gasteiger partial charge < -0.3 is 0 Å². The van der Waals surface area contributed by atoms with E-state index < -0.39 is 10.0 Å². The highest BCUT2D eigenvalue weighted by atomic mass is 32.2. The first-order valence-electron chi connectivity index (χ1n) is 8.08. The highest BCUT2D eigenvalue weighted by molar-refractivity contribution is 7.89. The van der Waals surface area contributed by atoms with Gasteiger partial charge in [-0.1, -0.05) is 30.3 Å². The molecule has 4 nitrogen and oxygen atoms in total. The van der Waals surface area contributed by atoms with Crippen molar-refractivity contribution in [1.82, 2.24) is 9.21 Å². The number of benzene rings is 2. The maximum absolute atomic E-state index is 13.3. The molecule has 2 saturated heterocycles. The second-order valence-electron chi connectivity index (χ2n) is 6.52. The molecular weight excluding hydrogens is 327 g/mol. The molecular formula is C18H19FN2O2S. The van der Waals surface area contributed by atoms with Crippen LogP contribution < -0.4 is 0 Å². The molecule has 2 fully saturated rings. The minimum absolute atomic E-state index is 0.228. The van der Waals surface area contributed by atoms with Crippen LogP contribution in [0.25, 0.3) is 0 Å². The molecule has 0 radical (unpaired) electrons. The van der Waals surface area contributed by atoms with Gasteiger partial charge in [0.1, 0.15) is 5.82 Å². The second-order valence-corrected chi connectivity index (χ2v) is 8.46. The molecule has 0 N–H and O–H groups in total. The quantitative estimate of drug-likeness (QED) is 0.853. The predicted octanol–water partition coefficient (Wildman–Crippen LogP) is 2.33. The number of likely N-dealkylation sites (tertiary alicyclic amines) is 1. The lowest BCUT2D eigenvalue weighted by atomic mass is 9.91. The number of sulfonamides is 1. The van der Waals surface area contributed by atoms with Crippen molar-refractivity contribution in [1.29, 1.82) is 0 Å². The highest BCUT2D eigenvalue weighted by Crippen LogP contribution is 2.36. The van der Waals surface area contributed by atoms with Crippen molar-refractivity contribution in [2.45, 2.75) is 17.5 Å². The van der Waals surface area contributed by atoms with E-state index in [1.807, 2.05) is 12.1 Å². The predicted molar refractivity (Wildman–Crippen MR) is 89.3 cm³/mol. The highest BCUT2D eigenvalue weighted by Gasteiger charge is 2.48. The molecule has 0 amide bonds. The Hall–Kier alpha value is -1.76. The lowest BCUT2D eigenvalue weighted by Crippen LogP contribution is -2.54. The maximum atomic E-state index is 13.3. The number of hydrogen-bond donors (Lipinski definition) is 0. The minimum atomic E-state index is -3.42. The molecule has 0 unspecified atom stereocenters. The van der Waals surface area contributed by atoms with Crippen LogP contribution >= 0.6 is 0 Å². The summed E-state index contributed by atoms with van der Waals surface area (Å²) in [5.74, 6) is 0.140. The fraction of sp³-hybridized carbons (Fsp3) is 0.333. The van der Waals surface area contributed by atoms with E-state index in [2.05, 4.69) is 4.90 Å². The van der Waals surface area contributed by atoms with Gasteiger partial charge in [-0.3, -0.25) is 4.90 Å². The standard InChI is InChI=1S/C18H19FN2O2S/c19-16-6-4-5-14(9-16)10-20-11-15-12-21(13-18(15)20)24(22,23)17-7-2-1-3-8-17/h1-9,15,18H,10-13H2/t15-,18-/m1/s1. The number of hydrogen-bond acceptors (Lipinski definition) is 3. The van der Waals surface area contributed by atoms with Crippen LogP contribution in [-0.4, -0.2) is 43.3 Å². The molecule has 2 aliphatic rings. The molecule has 24 heavy (non-hydrogen) atoms. The van der Waals surface area contributed by atoms with Gasteiger partial charge in [-0.15, -0.1) is 0 Å². The van der Waals surface area contributed by atoms with E-state index in [1.165, 1.54) is 6.07 Å². The summed E-state index contributed by atoms with van der Waals surface area (Å²) in [6.45, 7) is 2.61. The summed E-state index contributed by atoms with van der Waals surface area (Å²) < 4.78 is 40.3. The summed E-state index contributed by atoms with van der Waals surface area (Å²) in [7, 11) is -3.42. The van der Waals surface area contributed by atoms with E-state index in [0.29, 0.717) is 30.4 Å². The molecule has 0 bridgehead atoms. The lowest BCUT2D eigenvalue weighted by Gasteiger charge is -2.43. The van der Waals surface area contributed by atoms with E-state index >= 15 is 0 Å². The lowest BCUT2D eigenvalue weighted by molar-refractivity contribution is 0.0434. The van der Waals surface area contributed by atoms with Gasteiger partial charge >= 0.3 is 0 Å². The molecule has 2 aromatic carbocycles. The van der Waals surface area contributed by atoms with Crippen LogP contribution in [0.3, 0.4) is 0 Å². The Kier molecular flexibility index (Phi) is 3.90. The third-order valence-corrected chi connectivity index (χ3v) is 6.81. The van der Waals surface area contributed by atoms with Gasteiger partial charge in [0.05, 0.1) is 4.90 Å². The summed E-state index contributed by atoms with van der Waals surface area (Å²) in [6.07, 6.45) is 0. The zero-order valence-corrected chi connectivity index (χ0v) is 14.0. The first-order valence-corrected chi connectivity index (χ1v) is 9.52. The van der Waals surface area contributed by atoms with Crippen molar-refractivity contribution in [2.75, 3.05) is 19.6 Å². The zero-order chi connectivity index (χ0) is 16.7. The Bertz CT molecular complexity index is 841. The molecule has 6 heteroatoms. The number of nitrogens with zero attached hydrogens (tertiary/aromatic N) is 2. The van der Waals surface area contributed by atoms with Crippen molar-refractivity contribution >= 4 is 10.0 Å². The molecule has 0 saturated carbocycles. The first-order chi connectivity index (χ1) is 11.5. The van der Waals surface area contributed by atoms with Crippen LogP contribution in [0.4, 0.5) is 4.39 Å². The fourth-order valence-corrected chi connectivity index (χ4v) is 5.23. The second kappa shape index (κ2) is 5.95. The van der Waals surface area contributed by atoms with Crippen molar-refractivity contribution in [2.24, 2.45) is 5.92 Å². The Morgan fingerprint density at radius 3 is 2.54 bits per heavy atom. The number of fused-ring (bicyclic) bond motifs is 1. The monoisotopic (exact) mass is 346 g/mol.